The van der Waals surface area contributed by atoms with E-state index in [0.29, 0.717) is 65.2 Å². The standard InChI is InChI=1S/C31H42N2O7/c1-17(2)6-8-33(26(36)14-21-11-18-4-5-20(21)10-18)24-15-23(31(38)32-7-9-34)27-22-12-19(16-35)13-25(39-3)29(22)40-30(27)28(24)37/h12-13,15-18,20-21,24,27-28,30,34,37H,4-11,14H2,1-3H3,(H,32,38)/t18?,20?,21?,24-,27+,28+,30+/m1/s1. The van der Waals surface area contributed by atoms with Crippen molar-refractivity contribution in [3.05, 3.63) is 34.9 Å². The molecule has 218 valence electrons. The zero-order valence-electron chi connectivity index (χ0n) is 23.7. The molecule has 0 aromatic heterocycles. The maximum absolute atomic E-state index is 13.9. The van der Waals surface area contributed by atoms with Crippen molar-refractivity contribution in [1.82, 2.24) is 10.2 Å². The van der Waals surface area contributed by atoms with Crippen LogP contribution >= 0.6 is 0 Å². The predicted octanol–water partition coefficient (Wildman–Crippen LogP) is 2.83. The van der Waals surface area contributed by atoms with Crippen LogP contribution in [0.3, 0.4) is 0 Å². The van der Waals surface area contributed by atoms with Gasteiger partial charge in [-0.25, -0.2) is 0 Å². The average molecular weight is 555 g/mol. The molecular formula is C31H42N2O7. The van der Waals surface area contributed by atoms with Crippen molar-refractivity contribution in [3.63, 3.8) is 0 Å². The third-order valence-corrected chi connectivity index (χ3v) is 9.36. The monoisotopic (exact) mass is 554 g/mol. The van der Waals surface area contributed by atoms with Gasteiger partial charge in [-0.15, -0.1) is 0 Å². The fourth-order valence-electron chi connectivity index (χ4n) is 7.36. The average Bonchev–Trinajstić information content (AvgIpc) is 3.67. The summed E-state index contributed by atoms with van der Waals surface area (Å²) in [6, 6.07) is 2.47. The highest BCUT2D eigenvalue weighted by Crippen LogP contribution is 2.52. The number of amides is 2. The second kappa shape index (κ2) is 11.9. The van der Waals surface area contributed by atoms with Crippen LogP contribution in [0.15, 0.2) is 23.8 Å². The van der Waals surface area contributed by atoms with Gasteiger partial charge in [-0.3, -0.25) is 14.4 Å². The van der Waals surface area contributed by atoms with E-state index in [0.717, 1.165) is 18.8 Å². The number of hydrogen-bond donors (Lipinski definition) is 3. The molecule has 1 aromatic rings. The Bertz CT molecular complexity index is 1160. The molecule has 3 N–H and O–H groups in total. The van der Waals surface area contributed by atoms with E-state index in [1.54, 1.807) is 23.1 Å². The number of fused-ring (bicyclic) bond motifs is 5. The minimum absolute atomic E-state index is 0.00315. The highest BCUT2D eigenvalue weighted by Gasteiger charge is 2.52. The van der Waals surface area contributed by atoms with Crippen molar-refractivity contribution in [1.29, 1.82) is 0 Å². The third-order valence-electron chi connectivity index (χ3n) is 9.36. The van der Waals surface area contributed by atoms with Gasteiger partial charge in [-0.05, 0) is 67.6 Å². The fourth-order valence-corrected chi connectivity index (χ4v) is 7.36. The summed E-state index contributed by atoms with van der Waals surface area (Å²) in [5.41, 5.74) is 1.29. The van der Waals surface area contributed by atoms with Crippen LogP contribution in [0, 0.1) is 23.7 Å². The van der Waals surface area contributed by atoms with Crippen molar-refractivity contribution in [2.45, 2.75) is 76.5 Å². The Balaban J connectivity index is 1.51. The summed E-state index contributed by atoms with van der Waals surface area (Å²) in [5.74, 6) is 1.70. The summed E-state index contributed by atoms with van der Waals surface area (Å²) in [6.45, 7) is 4.50. The van der Waals surface area contributed by atoms with E-state index in [2.05, 4.69) is 19.2 Å². The smallest absolute Gasteiger partial charge is 0.247 e. The van der Waals surface area contributed by atoms with Gasteiger partial charge in [-0.2, -0.15) is 0 Å². The molecule has 0 spiro atoms. The molecule has 2 fully saturated rings. The number of carbonyl (C=O) groups excluding carboxylic acids is 3. The first-order valence-corrected chi connectivity index (χ1v) is 14.7. The number of hydrogen-bond acceptors (Lipinski definition) is 7. The zero-order chi connectivity index (χ0) is 28.6. The molecule has 5 rings (SSSR count). The van der Waals surface area contributed by atoms with E-state index < -0.39 is 30.1 Å². The van der Waals surface area contributed by atoms with Crippen molar-refractivity contribution in [2.24, 2.45) is 23.7 Å². The summed E-state index contributed by atoms with van der Waals surface area (Å²) in [4.78, 5) is 40.8. The van der Waals surface area contributed by atoms with Crippen LogP contribution in [0.25, 0.3) is 0 Å². The Kier molecular flexibility index (Phi) is 8.52. The molecule has 40 heavy (non-hydrogen) atoms. The molecule has 0 radical (unpaired) electrons. The Labute approximate surface area is 235 Å². The quantitative estimate of drug-likeness (QED) is 0.359. The van der Waals surface area contributed by atoms with Gasteiger partial charge in [0.15, 0.2) is 11.5 Å². The fraction of sp³-hybridized carbons (Fsp3) is 0.645. The number of benzene rings is 1. The lowest BCUT2D eigenvalue weighted by molar-refractivity contribution is -0.138. The summed E-state index contributed by atoms with van der Waals surface area (Å²) >= 11 is 0. The van der Waals surface area contributed by atoms with Gasteiger partial charge in [0, 0.05) is 36.2 Å². The first-order chi connectivity index (χ1) is 19.2. The molecule has 9 nitrogen and oxygen atoms in total. The molecule has 4 aliphatic rings. The Hall–Kier alpha value is -2.91. The molecule has 1 aromatic carbocycles. The number of aliphatic hydroxyl groups is 2. The lowest BCUT2D eigenvalue weighted by Crippen LogP contribution is -2.56. The molecule has 7 atom stereocenters. The van der Waals surface area contributed by atoms with Crippen LogP contribution in [0.2, 0.25) is 0 Å². The lowest BCUT2D eigenvalue weighted by atomic mass is 9.77. The molecule has 9 heteroatoms. The topological polar surface area (TPSA) is 125 Å². The van der Waals surface area contributed by atoms with E-state index in [-0.39, 0.29) is 19.1 Å². The normalized spacial score (nSPS) is 29.9. The van der Waals surface area contributed by atoms with Crippen molar-refractivity contribution < 1.29 is 34.1 Å². The van der Waals surface area contributed by atoms with Crippen molar-refractivity contribution >= 4 is 18.1 Å². The number of aldehydes is 1. The largest absolute Gasteiger partial charge is 0.493 e. The minimum Gasteiger partial charge on any atom is -0.493 e. The SMILES string of the molecule is COc1cc(C=O)cc2c1O[C@@H]1[C@@H](O)[C@H](N(CCC(C)C)C(=O)CC3CC4CCC3C4)C=C(C(=O)NCCO)[C@H]21. The predicted molar refractivity (Wildman–Crippen MR) is 148 cm³/mol. The van der Waals surface area contributed by atoms with E-state index in [9.17, 15) is 24.6 Å². The molecule has 0 saturated heterocycles. The molecule has 1 aliphatic heterocycles. The number of nitrogens with zero attached hydrogens (tertiary/aromatic N) is 1. The van der Waals surface area contributed by atoms with Gasteiger partial charge in [-0.1, -0.05) is 20.3 Å². The van der Waals surface area contributed by atoms with E-state index in [4.69, 9.17) is 9.47 Å². The maximum atomic E-state index is 13.9. The summed E-state index contributed by atoms with van der Waals surface area (Å²) in [5, 5.41) is 23.9. The summed E-state index contributed by atoms with van der Waals surface area (Å²) in [7, 11) is 1.47. The molecule has 2 bridgehead atoms. The minimum atomic E-state index is -1.10. The van der Waals surface area contributed by atoms with E-state index in [1.165, 1.54) is 26.4 Å². The number of nitrogens with one attached hydrogen (secondary N) is 1. The molecule has 2 saturated carbocycles. The Morgan fingerprint density at radius 3 is 2.67 bits per heavy atom. The van der Waals surface area contributed by atoms with Gasteiger partial charge >= 0.3 is 0 Å². The lowest BCUT2D eigenvalue weighted by Gasteiger charge is -2.41. The van der Waals surface area contributed by atoms with Crippen LogP contribution in [0.4, 0.5) is 0 Å². The Morgan fingerprint density at radius 1 is 1.25 bits per heavy atom. The third kappa shape index (κ3) is 5.38. The van der Waals surface area contributed by atoms with Crippen molar-refractivity contribution in [3.8, 4) is 11.5 Å². The number of rotatable bonds is 11. The van der Waals surface area contributed by atoms with Crippen LogP contribution < -0.4 is 14.8 Å². The highest BCUT2D eigenvalue weighted by atomic mass is 16.5. The first kappa shape index (κ1) is 28.6. The van der Waals surface area contributed by atoms with Crippen LogP contribution in [0.1, 0.15) is 74.2 Å². The second-order valence-corrected chi connectivity index (χ2v) is 12.3. The van der Waals surface area contributed by atoms with Gasteiger partial charge in [0.05, 0.1) is 25.7 Å². The number of aliphatic hydroxyl groups excluding tert-OH is 2. The summed E-state index contributed by atoms with van der Waals surface area (Å²) in [6.07, 6.45) is 6.42. The number of methoxy groups -OCH3 is 1. The van der Waals surface area contributed by atoms with Gasteiger partial charge in [0.25, 0.3) is 0 Å². The first-order valence-electron chi connectivity index (χ1n) is 14.7. The van der Waals surface area contributed by atoms with Gasteiger partial charge < -0.3 is 29.9 Å². The Morgan fingerprint density at radius 2 is 2.05 bits per heavy atom. The van der Waals surface area contributed by atoms with Crippen LogP contribution in [-0.4, -0.2) is 78.3 Å². The molecule has 3 aliphatic carbocycles. The van der Waals surface area contributed by atoms with Gasteiger partial charge in [0.1, 0.15) is 18.5 Å². The second-order valence-electron chi connectivity index (χ2n) is 12.3. The zero-order valence-corrected chi connectivity index (χ0v) is 23.7. The van der Waals surface area contributed by atoms with Gasteiger partial charge in [0.2, 0.25) is 11.8 Å². The van der Waals surface area contributed by atoms with Crippen LogP contribution in [0.5, 0.6) is 11.5 Å². The van der Waals surface area contributed by atoms with E-state index in [1.807, 2.05) is 0 Å². The number of carbonyl (C=O) groups is 3. The molecule has 2 amide bonds. The molecule has 1 heterocycles. The molecular weight excluding hydrogens is 512 g/mol. The molecule has 3 unspecified atom stereocenters. The van der Waals surface area contributed by atoms with Crippen LogP contribution in [-0.2, 0) is 9.59 Å². The maximum Gasteiger partial charge on any atom is 0.247 e. The highest BCUT2D eigenvalue weighted by molar-refractivity contribution is 5.96. The summed E-state index contributed by atoms with van der Waals surface area (Å²) < 4.78 is 11.8. The number of ether oxygens (including phenoxy) is 2. The van der Waals surface area contributed by atoms with Crippen molar-refractivity contribution in [2.75, 3.05) is 26.8 Å². The van der Waals surface area contributed by atoms with E-state index >= 15 is 0 Å².